The van der Waals surface area contributed by atoms with Crippen molar-refractivity contribution >= 4 is 34.3 Å². The summed E-state index contributed by atoms with van der Waals surface area (Å²) >= 11 is 0. The summed E-state index contributed by atoms with van der Waals surface area (Å²) in [6.07, 6.45) is 1.19. The van der Waals surface area contributed by atoms with Crippen molar-refractivity contribution in [3.63, 3.8) is 0 Å². The molecule has 8 nitrogen and oxygen atoms in total. The largest absolute Gasteiger partial charge is 0.497 e. The van der Waals surface area contributed by atoms with Gasteiger partial charge in [0.05, 0.1) is 12.6 Å². The van der Waals surface area contributed by atoms with Gasteiger partial charge in [-0.25, -0.2) is 4.98 Å². The van der Waals surface area contributed by atoms with Crippen molar-refractivity contribution < 1.29 is 19.1 Å². The van der Waals surface area contributed by atoms with Gasteiger partial charge in [0, 0.05) is 28.9 Å². The molecule has 1 fully saturated rings. The van der Waals surface area contributed by atoms with Gasteiger partial charge in [0.2, 0.25) is 5.91 Å². The predicted molar refractivity (Wildman–Crippen MR) is 123 cm³/mol. The van der Waals surface area contributed by atoms with Gasteiger partial charge in [0.25, 0.3) is 11.8 Å². The van der Waals surface area contributed by atoms with Crippen LogP contribution in [0, 0.1) is 0 Å². The monoisotopic (exact) mass is 442 g/mol. The Balaban J connectivity index is 1.33. The maximum atomic E-state index is 12.9. The minimum absolute atomic E-state index is 0.179. The van der Waals surface area contributed by atoms with Gasteiger partial charge in [0.15, 0.2) is 0 Å². The summed E-state index contributed by atoms with van der Waals surface area (Å²) in [6, 6.07) is 13.6. The van der Waals surface area contributed by atoms with E-state index in [0.717, 1.165) is 16.7 Å². The molecule has 8 heteroatoms. The van der Waals surface area contributed by atoms with Gasteiger partial charge in [-0.2, -0.15) is 0 Å². The molecule has 2 aliphatic heterocycles. The summed E-state index contributed by atoms with van der Waals surface area (Å²) in [6.45, 7) is 4.10. The second-order valence-electron chi connectivity index (χ2n) is 8.16. The molecule has 2 aliphatic rings. The second kappa shape index (κ2) is 8.05. The molecule has 3 heterocycles. The third-order valence-corrected chi connectivity index (χ3v) is 6.02. The predicted octanol–water partition coefficient (Wildman–Crippen LogP) is 3.24. The first-order valence-corrected chi connectivity index (χ1v) is 10.6. The average molecular weight is 442 g/mol. The Kier molecular flexibility index (Phi) is 5.05. The number of hydrogen-bond donors (Lipinski definition) is 2. The van der Waals surface area contributed by atoms with E-state index in [1.807, 2.05) is 12.1 Å². The molecule has 2 aromatic carbocycles. The van der Waals surface area contributed by atoms with Crippen LogP contribution in [0.4, 0.5) is 5.69 Å². The van der Waals surface area contributed by atoms with Crippen molar-refractivity contribution in [2.75, 3.05) is 12.4 Å². The maximum Gasteiger partial charge on any atom is 0.274 e. The molecular weight excluding hydrogens is 420 g/mol. The SMILES string of the molecule is C=C1CCC(N2Cc3cc(NC(=O)c4ccc5cc(OC)ccc5n4)ccc3C2=O)C(=O)N1. The Morgan fingerprint density at radius 2 is 2.03 bits per heavy atom. The summed E-state index contributed by atoms with van der Waals surface area (Å²) in [7, 11) is 1.60. The molecule has 0 radical (unpaired) electrons. The smallest absolute Gasteiger partial charge is 0.274 e. The van der Waals surface area contributed by atoms with Crippen molar-refractivity contribution in [3.05, 3.63) is 77.6 Å². The van der Waals surface area contributed by atoms with Crippen LogP contribution in [0.1, 0.15) is 39.3 Å². The second-order valence-corrected chi connectivity index (χ2v) is 8.16. The van der Waals surface area contributed by atoms with Crippen LogP contribution in [0.25, 0.3) is 10.9 Å². The topological polar surface area (TPSA) is 101 Å². The number of nitrogens with one attached hydrogen (secondary N) is 2. The van der Waals surface area contributed by atoms with E-state index in [1.54, 1.807) is 48.4 Å². The Labute approximate surface area is 190 Å². The number of amides is 3. The third kappa shape index (κ3) is 3.80. The number of nitrogens with zero attached hydrogens (tertiary/aromatic N) is 2. The van der Waals surface area contributed by atoms with Crippen molar-refractivity contribution in [1.29, 1.82) is 0 Å². The molecule has 1 unspecified atom stereocenters. The summed E-state index contributed by atoms with van der Waals surface area (Å²) in [5.41, 5.74) is 3.52. The van der Waals surface area contributed by atoms with Crippen LogP contribution in [0.5, 0.6) is 5.75 Å². The molecule has 0 bridgehead atoms. The number of benzene rings is 2. The van der Waals surface area contributed by atoms with Gasteiger partial charge >= 0.3 is 0 Å². The summed E-state index contributed by atoms with van der Waals surface area (Å²) in [4.78, 5) is 44.0. The first-order chi connectivity index (χ1) is 15.9. The molecule has 33 heavy (non-hydrogen) atoms. The number of rotatable bonds is 4. The third-order valence-electron chi connectivity index (χ3n) is 6.02. The van der Waals surface area contributed by atoms with E-state index in [0.29, 0.717) is 41.9 Å². The Hall–Kier alpha value is -4.20. The van der Waals surface area contributed by atoms with Gasteiger partial charge in [-0.1, -0.05) is 12.6 Å². The summed E-state index contributed by atoms with van der Waals surface area (Å²) in [5, 5.41) is 6.45. The highest BCUT2D eigenvalue weighted by molar-refractivity contribution is 6.05. The fraction of sp³-hybridized carbons (Fsp3) is 0.200. The van der Waals surface area contributed by atoms with Crippen LogP contribution in [0.2, 0.25) is 0 Å². The van der Waals surface area contributed by atoms with Crippen molar-refractivity contribution in [1.82, 2.24) is 15.2 Å². The fourth-order valence-electron chi connectivity index (χ4n) is 4.28. The maximum absolute atomic E-state index is 12.9. The highest BCUT2D eigenvalue weighted by Crippen LogP contribution is 2.30. The zero-order valence-corrected chi connectivity index (χ0v) is 18.1. The fourth-order valence-corrected chi connectivity index (χ4v) is 4.28. The van der Waals surface area contributed by atoms with Crippen LogP contribution in [-0.4, -0.2) is 40.8 Å². The van der Waals surface area contributed by atoms with Crippen molar-refractivity contribution in [2.24, 2.45) is 0 Å². The zero-order valence-electron chi connectivity index (χ0n) is 18.1. The molecule has 1 aromatic heterocycles. The Morgan fingerprint density at radius 3 is 2.82 bits per heavy atom. The van der Waals surface area contributed by atoms with E-state index < -0.39 is 6.04 Å². The molecular formula is C25H22N4O4. The summed E-state index contributed by atoms with van der Waals surface area (Å²) in [5.74, 6) is -0.0130. The average Bonchev–Trinajstić information content (AvgIpc) is 3.13. The van der Waals surface area contributed by atoms with E-state index in [4.69, 9.17) is 4.74 Å². The van der Waals surface area contributed by atoms with Crippen LogP contribution in [0.15, 0.2) is 60.8 Å². The van der Waals surface area contributed by atoms with Crippen LogP contribution < -0.4 is 15.4 Å². The molecule has 2 N–H and O–H groups in total. The molecule has 3 aromatic rings. The zero-order chi connectivity index (χ0) is 23.1. The Bertz CT molecular complexity index is 1330. The Morgan fingerprint density at radius 1 is 1.18 bits per heavy atom. The lowest BCUT2D eigenvalue weighted by Crippen LogP contribution is -2.49. The molecule has 3 amide bonds. The number of methoxy groups -OCH3 is 1. The first kappa shape index (κ1) is 20.7. The molecule has 1 atom stereocenters. The number of pyridine rings is 1. The van der Waals surface area contributed by atoms with E-state index in [9.17, 15) is 14.4 Å². The number of ether oxygens (including phenoxy) is 1. The van der Waals surface area contributed by atoms with Gasteiger partial charge in [-0.15, -0.1) is 0 Å². The molecule has 0 aliphatic carbocycles. The number of anilines is 1. The first-order valence-electron chi connectivity index (χ1n) is 10.6. The number of aromatic nitrogens is 1. The number of piperidine rings is 1. The van der Waals surface area contributed by atoms with E-state index >= 15 is 0 Å². The highest BCUT2D eigenvalue weighted by Gasteiger charge is 2.38. The van der Waals surface area contributed by atoms with Crippen molar-refractivity contribution in [3.8, 4) is 5.75 Å². The van der Waals surface area contributed by atoms with Gasteiger partial charge < -0.3 is 20.3 Å². The van der Waals surface area contributed by atoms with Gasteiger partial charge in [-0.3, -0.25) is 14.4 Å². The number of carbonyl (C=O) groups is 3. The lowest BCUT2D eigenvalue weighted by Gasteiger charge is -2.30. The lowest BCUT2D eigenvalue weighted by atomic mass is 10.0. The number of carbonyl (C=O) groups excluding carboxylic acids is 3. The van der Waals surface area contributed by atoms with E-state index in [-0.39, 0.29) is 23.4 Å². The number of allylic oxidation sites excluding steroid dienone is 1. The molecule has 1 saturated heterocycles. The van der Waals surface area contributed by atoms with Gasteiger partial charge in [0.1, 0.15) is 17.5 Å². The number of hydrogen-bond acceptors (Lipinski definition) is 5. The van der Waals surface area contributed by atoms with Crippen LogP contribution >= 0.6 is 0 Å². The van der Waals surface area contributed by atoms with E-state index in [2.05, 4.69) is 22.2 Å². The minimum atomic E-state index is -0.520. The van der Waals surface area contributed by atoms with Crippen LogP contribution in [0.3, 0.4) is 0 Å². The number of fused-ring (bicyclic) bond motifs is 2. The lowest BCUT2D eigenvalue weighted by molar-refractivity contribution is -0.126. The molecule has 5 rings (SSSR count). The molecule has 166 valence electrons. The molecule has 0 spiro atoms. The quantitative estimate of drug-likeness (QED) is 0.646. The summed E-state index contributed by atoms with van der Waals surface area (Å²) < 4.78 is 5.22. The normalized spacial score (nSPS) is 17.7. The minimum Gasteiger partial charge on any atom is -0.497 e. The van der Waals surface area contributed by atoms with Crippen molar-refractivity contribution in [2.45, 2.75) is 25.4 Å². The van der Waals surface area contributed by atoms with Crippen LogP contribution in [-0.2, 0) is 11.3 Å². The standard InChI is InChI=1S/C25H22N4O4/c1-14-3-10-22(24(31)26-14)29-13-16-11-17(5-7-19(16)25(29)32)27-23(30)21-8-4-15-12-18(33-2)6-9-20(15)28-21/h4-9,11-12,22H,1,3,10,13H2,2H3,(H,26,31)(H,27,30). The van der Waals surface area contributed by atoms with Gasteiger partial charge in [-0.05, 0) is 60.9 Å². The molecule has 0 saturated carbocycles. The van der Waals surface area contributed by atoms with E-state index in [1.165, 1.54) is 0 Å². The highest BCUT2D eigenvalue weighted by atomic mass is 16.5.